The van der Waals surface area contributed by atoms with Crippen LogP contribution in [0.1, 0.15) is 31.1 Å². The molecule has 0 amide bonds. The smallest absolute Gasteiger partial charge is 0.258 e. The molecule has 2 N–H and O–H groups in total. The number of hydrogen-bond donors (Lipinski definition) is 1. The molecule has 0 saturated heterocycles. The van der Waals surface area contributed by atoms with Gasteiger partial charge >= 0.3 is 0 Å². The predicted molar refractivity (Wildman–Crippen MR) is 75.2 cm³/mol. The summed E-state index contributed by atoms with van der Waals surface area (Å²) < 4.78 is 23.9. The van der Waals surface area contributed by atoms with E-state index < -0.39 is 11.9 Å². The number of benzene rings is 1. The lowest BCUT2D eigenvalue weighted by Gasteiger charge is -2.26. The second-order valence-corrected chi connectivity index (χ2v) is 5.49. The van der Waals surface area contributed by atoms with Crippen LogP contribution in [0.3, 0.4) is 0 Å². The largest absolute Gasteiger partial charge is 0.376 e. The van der Waals surface area contributed by atoms with Crippen LogP contribution in [0.4, 0.5) is 4.39 Å². The summed E-state index contributed by atoms with van der Waals surface area (Å²) in [5.74, 6) is 0.126. The van der Waals surface area contributed by atoms with Gasteiger partial charge in [-0.1, -0.05) is 16.8 Å². The molecular weight excluding hydrogens is 297 g/mol. The standard InChI is InChI=1S/C14H15ClFN3O2/c15-10-6-8(4-5-11(10)16)14-18-13(19-21-14)12(17)7-20-9-2-1-3-9/h4-6,9,12H,1-3,7,17H2. The Balaban J connectivity index is 1.68. The second kappa shape index (κ2) is 6.09. The second-order valence-electron chi connectivity index (χ2n) is 5.08. The summed E-state index contributed by atoms with van der Waals surface area (Å²) in [7, 11) is 0. The minimum absolute atomic E-state index is 0.00450. The lowest BCUT2D eigenvalue weighted by molar-refractivity contribution is -0.00549. The summed E-state index contributed by atoms with van der Waals surface area (Å²) in [5, 5.41) is 3.84. The zero-order valence-electron chi connectivity index (χ0n) is 11.3. The Morgan fingerprint density at radius 3 is 2.95 bits per heavy atom. The van der Waals surface area contributed by atoms with Crippen molar-refractivity contribution in [1.29, 1.82) is 0 Å². The highest BCUT2D eigenvalue weighted by molar-refractivity contribution is 6.31. The molecule has 0 radical (unpaired) electrons. The van der Waals surface area contributed by atoms with Crippen molar-refractivity contribution in [3.8, 4) is 11.5 Å². The first kappa shape index (κ1) is 14.4. The quantitative estimate of drug-likeness (QED) is 0.918. The van der Waals surface area contributed by atoms with Crippen LogP contribution in [0, 0.1) is 5.82 Å². The van der Waals surface area contributed by atoms with Gasteiger partial charge in [-0.05, 0) is 37.5 Å². The normalized spacial score (nSPS) is 16.7. The van der Waals surface area contributed by atoms with Crippen molar-refractivity contribution in [1.82, 2.24) is 10.1 Å². The summed E-state index contributed by atoms with van der Waals surface area (Å²) in [6, 6.07) is 3.76. The van der Waals surface area contributed by atoms with Gasteiger partial charge < -0.3 is 15.0 Å². The molecule has 1 fully saturated rings. The Labute approximate surface area is 126 Å². The number of aromatic nitrogens is 2. The molecule has 1 aromatic heterocycles. The maximum absolute atomic E-state index is 13.1. The van der Waals surface area contributed by atoms with E-state index in [-0.39, 0.29) is 10.9 Å². The molecule has 0 spiro atoms. The molecule has 1 saturated carbocycles. The highest BCUT2D eigenvalue weighted by Gasteiger charge is 2.21. The van der Waals surface area contributed by atoms with Crippen LogP contribution < -0.4 is 5.73 Å². The summed E-state index contributed by atoms with van der Waals surface area (Å²) in [6.07, 6.45) is 3.67. The highest BCUT2D eigenvalue weighted by Crippen LogP contribution is 2.25. The van der Waals surface area contributed by atoms with Gasteiger partial charge in [0.15, 0.2) is 5.82 Å². The van der Waals surface area contributed by atoms with E-state index in [0.29, 0.717) is 24.1 Å². The first-order valence-electron chi connectivity index (χ1n) is 6.79. The van der Waals surface area contributed by atoms with Gasteiger partial charge in [0, 0.05) is 5.56 Å². The number of halogens is 2. The fourth-order valence-electron chi connectivity index (χ4n) is 1.98. The van der Waals surface area contributed by atoms with Gasteiger partial charge in [0.1, 0.15) is 5.82 Å². The first-order chi connectivity index (χ1) is 10.1. The van der Waals surface area contributed by atoms with Crippen molar-refractivity contribution in [2.24, 2.45) is 5.73 Å². The Morgan fingerprint density at radius 1 is 1.48 bits per heavy atom. The van der Waals surface area contributed by atoms with Crippen LogP contribution in [0.5, 0.6) is 0 Å². The third-order valence-electron chi connectivity index (χ3n) is 3.50. The van der Waals surface area contributed by atoms with Crippen molar-refractivity contribution in [2.75, 3.05) is 6.61 Å². The zero-order chi connectivity index (χ0) is 14.8. The van der Waals surface area contributed by atoms with E-state index in [1.165, 1.54) is 24.6 Å². The van der Waals surface area contributed by atoms with Gasteiger partial charge in [-0.15, -0.1) is 0 Å². The molecule has 1 aromatic carbocycles. The summed E-state index contributed by atoms with van der Waals surface area (Å²) in [5.41, 5.74) is 6.52. The monoisotopic (exact) mass is 311 g/mol. The van der Waals surface area contributed by atoms with Crippen molar-refractivity contribution >= 4 is 11.6 Å². The van der Waals surface area contributed by atoms with Crippen LogP contribution in [0.25, 0.3) is 11.5 Å². The Morgan fingerprint density at radius 2 is 2.29 bits per heavy atom. The van der Waals surface area contributed by atoms with Crippen LogP contribution in [-0.4, -0.2) is 22.9 Å². The van der Waals surface area contributed by atoms with E-state index in [1.807, 2.05) is 0 Å². The van der Waals surface area contributed by atoms with Crippen molar-refractivity contribution in [2.45, 2.75) is 31.4 Å². The van der Waals surface area contributed by atoms with Crippen LogP contribution in [0.15, 0.2) is 22.7 Å². The molecule has 3 rings (SSSR count). The molecule has 21 heavy (non-hydrogen) atoms. The number of nitrogens with zero attached hydrogens (tertiary/aromatic N) is 2. The summed E-state index contributed by atoms with van der Waals surface area (Å²) in [6.45, 7) is 0.355. The third-order valence-corrected chi connectivity index (χ3v) is 3.79. The van der Waals surface area contributed by atoms with E-state index in [9.17, 15) is 4.39 Å². The molecule has 2 aromatic rings. The molecular formula is C14H15ClFN3O2. The molecule has 0 aliphatic heterocycles. The molecule has 1 unspecified atom stereocenters. The zero-order valence-corrected chi connectivity index (χ0v) is 12.0. The van der Waals surface area contributed by atoms with Gasteiger partial charge in [-0.3, -0.25) is 0 Å². The van der Waals surface area contributed by atoms with Gasteiger partial charge in [0.05, 0.1) is 23.8 Å². The average molecular weight is 312 g/mol. The molecule has 7 heteroatoms. The molecule has 1 heterocycles. The minimum atomic E-state index is -0.495. The minimum Gasteiger partial charge on any atom is -0.376 e. The van der Waals surface area contributed by atoms with E-state index in [0.717, 1.165) is 12.8 Å². The Bertz CT molecular complexity index is 630. The van der Waals surface area contributed by atoms with E-state index >= 15 is 0 Å². The van der Waals surface area contributed by atoms with E-state index in [1.54, 1.807) is 0 Å². The van der Waals surface area contributed by atoms with Crippen molar-refractivity contribution in [3.63, 3.8) is 0 Å². The number of ether oxygens (including phenoxy) is 1. The Kier molecular flexibility index (Phi) is 4.19. The average Bonchev–Trinajstić information content (AvgIpc) is 2.89. The maximum atomic E-state index is 13.1. The third kappa shape index (κ3) is 3.23. The number of rotatable bonds is 5. The lowest BCUT2D eigenvalue weighted by atomic mass is 9.96. The topological polar surface area (TPSA) is 74.2 Å². The molecule has 112 valence electrons. The molecule has 1 aliphatic rings. The summed E-state index contributed by atoms with van der Waals surface area (Å²) >= 11 is 5.73. The Hall–Kier alpha value is -1.50. The molecule has 1 atom stereocenters. The highest BCUT2D eigenvalue weighted by atomic mass is 35.5. The number of nitrogens with two attached hydrogens (primary N) is 1. The van der Waals surface area contributed by atoms with Gasteiger partial charge in [-0.25, -0.2) is 4.39 Å². The first-order valence-corrected chi connectivity index (χ1v) is 7.17. The van der Waals surface area contributed by atoms with Gasteiger partial charge in [0.25, 0.3) is 5.89 Å². The lowest BCUT2D eigenvalue weighted by Crippen LogP contribution is -2.27. The molecule has 1 aliphatic carbocycles. The number of hydrogen-bond acceptors (Lipinski definition) is 5. The van der Waals surface area contributed by atoms with Crippen molar-refractivity contribution in [3.05, 3.63) is 34.9 Å². The fourth-order valence-corrected chi connectivity index (χ4v) is 2.16. The SMILES string of the molecule is NC(COC1CCC1)c1noc(-c2ccc(F)c(Cl)c2)n1. The molecule has 0 bridgehead atoms. The predicted octanol–water partition coefficient (Wildman–Crippen LogP) is 3.10. The fraction of sp³-hybridized carbons (Fsp3) is 0.429. The maximum Gasteiger partial charge on any atom is 0.258 e. The van der Waals surface area contributed by atoms with E-state index in [4.69, 9.17) is 26.6 Å². The van der Waals surface area contributed by atoms with Crippen LogP contribution in [-0.2, 0) is 4.74 Å². The van der Waals surface area contributed by atoms with E-state index in [2.05, 4.69) is 10.1 Å². The van der Waals surface area contributed by atoms with Gasteiger partial charge in [0.2, 0.25) is 0 Å². The molecule has 5 nitrogen and oxygen atoms in total. The van der Waals surface area contributed by atoms with Crippen LogP contribution >= 0.6 is 11.6 Å². The van der Waals surface area contributed by atoms with Gasteiger partial charge in [-0.2, -0.15) is 4.98 Å². The van der Waals surface area contributed by atoms with Crippen molar-refractivity contribution < 1.29 is 13.7 Å². The van der Waals surface area contributed by atoms with Crippen LogP contribution in [0.2, 0.25) is 5.02 Å². The summed E-state index contributed by atoms with van der Waals surface area (Å²) in [4.78, 5) is 4.21.